The van der Waals surface area contributed by atoms with Gasteiger partial charge in [0.15, 0.2) is 0 Å². The SMILES string of the molecule is CCc1ccc(CN(C)C(=O)c2csc(I)c2)cc1. The fraction of sp³-hybridized carbons (Fsp3) is 0.267. The molecule has 2 aromatic rings. The molecule has 2 rings (SSSR count). The number of amides is 1. The molecule has 1 aromatic heterocycles. The van der Waals surface area contributed by atoms with Crippen LogP contribution < -0.4 is 0 Å². The minimum absolute atomic E-state index is 0.0822. The first-order valence-electron chi connectivity index (χ1n) is 6.17. The molecule has 0 aliphatic carbocycles. The van der Waals surface area contributed by atoms with Gasteiger partial charge in [0.2, 0.25) is 0 Å². The van der Waals surface area contributed by atoms with Crippen LogP contribution in [0.3, 0.4) is 0 Å². The maximum atomic E-state index is 12.2. The second-order valence-corrected chi connectivity index (χ2v) is 7.28. The molecule has 2 nitrogen and oxygen atoms in total. The summed E-state index contributed by atoms with van der Waals surface area (Å²) in [6.07, 6.45) is 1.04. The zero-order valence-electron chi connectivity index (χ0n) is 11.0. The largest absolute Gasteiger partial charge is 0.337 e. The molecule has 0 fully saturated rings. The lowest BCUT2D eigenvalue weighted by molar-refractivity contribution is 0.0785. The van der Waals surface area contributed by atoms with Gasteiger partial charge in [0.05, 0.1) is 8.45 Å². The number of carbonyl (C=O) groups excluding carboxylic acids is 1. The van der Waals surface area contributed by atoms with Crippen LogP contribution in [0.2, 0.25) is 0 Å². The van der Waals surface area contributed by atoms with Crippen molar-refractivity contribution in [3.63, 3.8) is 0 Å². The molecular weight excluding hydrogens is 369 g/mol. The number of rotatable bonds is 4. The number of nitrogens with zero attached hydrogens (tertiary/aromatic N) is 1. The summed E-state index contributed by atoms with van der Waals surface area (Å²) in [5.74, 6) is 0.0822. The van der Waals surface area contributed by atoms with E-state index in [1.807, 2.05) is 18.5 Å². The molecule has 0 aliphatic heterocycles. The average Bonchev–Trinajstić information content (AvgIpc) is 2.85. The first-order chi connectivity index (χ1) is 9.10. The zero-order valence-corrected chi connectivity index (χ0v) is 14.0. The van der Waals surface area contributed by atoms with Gasteiger partial charge in [0, 0.05) is 19.0 Å². The van der Waals surface area contributed by atoms with Crippen molar-refractivity contribution >= 4 is 39.8 Å². The Morgan fingerprint density at radius 1 is 1.26 bits per heavy atom. The Kier molecular flexibility index (Phi) is 4.99. The Morgan fingerprint density at radius 3 is 2.42 bits per heavy atom. The molecule has 1 aromatic carbocycles. The van der Waals surface area contributed by atoms with E-state index < -0.39 is 0 Å². The van der Waals surface area contributed by atoms with Crippen LogP contribution in [0.5, 0.6) is 0 Å². The Balaban J connectivity index is 2.03. The zero-order chi connectivity index (χ0) is 13.8. The lowest BCUT2D eigenvalue weighted by Crippen LogP contribution is -2.25. The van der Waals surface area contributed by atoms with E-state index in [2.05, 4.69) is 53.8 Å². The number of halogens is 1. The summed E-state index contributed by atoms with van der Waals surface area (Å²) >= 11 is 3.84. The number of aryl methyl sites for hydroxylation is 1. The number of hydrogen-bond acceptors (Lipinski definition) is 2. The van der Waals surface area contributed by atoms with E-state index in [0.717, 1.165) is 20.4 Å². The highest BCUT2D eigenvalue weighted by atomic mass is 127. The van der Waals surface area contributed by atoms with Crippen molar-refractivity contribution in [2.45, 2.75) is 19.9 Å². The highest BCUT2D eigenvalue weighted by Gasteiger charge is 2.13. The van der Waals surface area contributed by atoms with Crippen LogP contribution in [0.4, 0.5) is 0 Å². The lowest BCUT2D eigenvalue weighted by atomic mass is 10.1. The van der Waals surface area contributed by atoms with E-state index in [0.29, 0.717) is 6.54 Å². The highest BCUT2D eigenvalue weighted by Crippen LogP contribution is 2.18. The van der Waals surface area contributed by atoms with Crippen molar-refractivity contribution in [2.75, 3.05) is 7.05 Å². The molecule has 0 spiro atoms. The van der Waals surface area contributed by atoms with Gasteiger partial charge in [-0.2, -0.15) is 0 Å². The van der Waals surface area contributed by atoms with Crippen LogP contribution >= 0.6 is 33.9 Å². The Labute approximate surface area is 131 Å². The second-order valence-electron chi connectivity index (χ2n) is 4.47. The minimum Gasteiger partial charge on any atom is -0.337 e. The summed E-state index contributed by atoms with van der Waals surface area (Å²) < 4.78 is 1.14. The summed E-state index contributed by atoms with van der Waals surface area (Å²) in [4.78, 5) is 14.0. The molecule has 19 heavy (non-hydrogen) atoms. The van der Waals surface area contributed by atoms with Gasteiger partial charge in [-0.25, -0.2) is 0 Å². The molecule has 4 heteroatoms. The molecular formula is C15H16INOS. The molecule has 0 unspecified atom stereocenters. The lowest BCUT2D eigenvalue weighted by Gasteiger charge is -2.16. The normalized spacial score (nSPS) is 10.5. The Bertz CT molecular complexity index is 562. The first-order valence-corrected chi connectivity index (χ1v) is 8.13. The maximum absolute atomic E-state index is 12.2. The summed E-state index contributed by atoms with van der Waals surface area (Å²) in [6.45, 7) is 2.79. The van der Waals surface area contributed by atoms with E-state index in [1.54, 1.807) is 16.2 Å². The first kappa shape index (κ1) is 14.5. The molecule has 1 heterocycles. The van der Waals surface area contributed by atoms with Gasteiger partial charge >= 0.3 is 0 Å². The molecule has 0 bridgehead atoms. The van der Waals surface area contributed by atoms with Crippen molar-refractivity contribution in [3.05, 3.63) is 55.3 Å². The Morgan fingerprint density at radius 2 is 1.89 bits per heavy atom. The van der Waals surface area contributed by atoms with Crippen molar-refractivity contribution < 1.29 is 4.79 Å². The van der Waals surface area contributed by atoms with Crippen LogP contribution in [0, 0.1) is 2.88 Å². The summed E-state index contributed by atoms with van der Waals surface area (Å²) in [5, 5.41) is 1.92. The van der Waals surface area contributed by atoms with Crippen LogP contribution in [-0.2, 0) is 13.0 Å². The van der Waals surface area contributed by atoms with Crippen molar-refractivity contribution in [2.24, 2.45) is 0 Å². The monoisotopic (exact) mass is 385 g/mol. The van der Waals surface area contributed by atoms with Gasteiger partial charge < -0.3 is 4.90 Å². The van der Waals surface area contributed by atoms with Crippen molar-refractivity contribution in [3.8, 4) is 0 Å². The third-order valence-corrected chi connectivity index (χ3v) is 4.80. The van der Waals surface area contributed by atoms with E-state index in [4.69, 9.17) is 0 Å². The summed E-state index contributed by atoms with van der Waals surface area (Å²) in [7, 11) is 1.85. The van der Waals surface area contributed by atoms with Crippen molar-refractivity contribution in [1.82, 2.24) is 4.90 Å². The van der Waals surface area contributed by atoms with Gasteiger partial charge in [-0.1, -0.05) is 31.2 Å². The molecule has 0 radical (unpaired) electrons. The van der Waals surface area contributed by atoms with Gasteiger partial charge in [0.1, 0.15) is 0 Å². The molecule has 0 N–H and O–H groups in total. The Hall–Kier alpha value is -0.880. The maximum Gasteiger partial charge on any atom is 0.254 e. The minimum atomic E-state index is 0.0822. The summed E-state index contributed by atoms with van der Waals surface area (Å²) in [5.41, 5.74) is 3.27. The van der Waals surface area contributed by atoms with Crippen molar-refractivity contribution in [1.29, 1.82) is 0 Å². The predicted molar refractivity (Wildman–Crippen MR) is 88.7 cm³/mol. The smallest absolute Gasteiger partial charge is 0.254 e. The number of carbonyl (C=O) groups is 1. The molecule has 1 amide bonds. The van der Waals surface area contributed by atoms with Gasteiger partial charge in [-0.15, -0.1) is 11.3 Å². The van der Waals surface area contributed by atoms with Crippen LogP contribution in [0.1, 0.15) is 28.4 Å². The summed E-state index contributed by atoms with van der Waals surface area (Å²) in [6, 6.07) is 10.4. The van der Waals surface area contributed by atoms with E-state index in [-0.39, 0.29) is 5.91 Å². The average molecular weight is 385 g/mol. The number of thiophene rings is 1. The van der Waals surface area contributed by atoms with Gasteiger partial charge in [0.25, 0.3) is 5.91 Å². The molecule has 0 aliphatic rings. The van der Waals surface area contributed by atoms with Crippen LogP contribution in [0.25, 0.3) is 0 Å². The quantitative estimate of drug-likeness (QED) is 0.723. The third-order valence-electron chi connectivity index (χ3n) is 3.01. The highest BCUT2D eigenvalue weighted by molar-refractivity contribution is 14.1. The topological polar surface area (TPSA) is 20.3 Å². The van der Waals surface area contributed by atoms with Crippen LogP contribution in [-0.4, -0.2) is 17.9 Å². The standard InChI is InChI=1S/C15H16INOS/c1-3-11-4-6-12(7-5-11)9-17(2)15(18)13-8-14(16)19-10-13/h4-8,10H,3,9H2,1-2H3. The van der Waals surface area contributed by atoms with E-state index >= 15 is 0 Å². The third kappa shape index (κ3) is 3.79. The van der Waals surface area contributed by atoms with E-state index in [1.165, 1.54) is 5.56 Å². The van der Waals surface area contributed by atoms with Crippen LogP contribution in [0.15, 0.2) is 35.7 Å². The van der Waals surface area contributed by atoms with Gasteiger partial charge in [-0.05, 0) is 46.2 Å². The molecule has 100 valence electrons. The number of hydrogen-bond donors (Lipinski definition) is 0. The second kappa shape index (κ2) is 6.52. The number of benzene rings is 1. The molecule has 0 saturated heterocycles. The fourth-order valence-corrected chi connectivity index (χ4v) is 3.19. The molecule has 0 atom stereocenters. The van der Waals surface area contributed by atoms with E-state index in [9.17, 15) is 4.79 Å². The predicted octanol–water partition coefficient (Wildman–Crippen LogP) is 4.19. The van der Waals surface area contributed by atoms with Gasteiger partial charge in [-0.3, -0.25) is 4.79 Å². The fourth-order valence-electron chi connectivity index (χ4n) is 1.87. The molecule has 0 saturated carbocycles.